The summed E-state index contributed by atoms with van der Waals surface area (Å²) in [6.45, 7) is 9.30. The highest BCUT2D eigenvalue weighted by Crippen LogP contribution is 2.53. The van der Waals surface area contributed by atoms with Crippen LogP contribution in [0.1, 0.15) is 25.3 Å². The lowest BCUT2D eigenvalue weighted by atomic mass is 9.80. The molecule has 1 aromatic rings. The van der Waals surface area contributed by atoms with Crippen molar-refractivity contribution in [3.63, 3.8) is 0 Å². The highest BCUT2D eigenvalue weighted by molar-refractivity contribution is 5.91. The molecule has 11 atom stereocenters. The van der Waals surface area contributed by atoms with Crippen LogP contribution in [-0.4, -0.2) is 98.2 Å². The SMILES string of the molecule is C=C1C(=O)O[C@@H]2[C@H]3C(C)=C(O[C@@H]4O[C@H](CO)[C@@H](O)[C@@H](O)[C@H]4O)C[C@H]3C(=C)C[C@@H](OC(=O)[C@H](O)Cc3ccc(O)cc3)[C@@H]12. The van der Waals surface area contributed by atoms with Crippen molar-refractivity contribution >= 4 is 11.9 Å². The van der Waals surface area contributed by atoms with Gasteiger partial charge in [0.1, 0.15) is 42.4 Å². The normalized spacial score (nSPS) is 37.0. The van der Waals surface area contributed by atoms with Crippen molar-refractivity contribution in [1.29, 1.82) is 0 Å². The van der Waals surface area contributed by atoms with E-state index in [0.717, 1.165) is 0 Å². The summed E-state index contributed by atoms with van der Waals surface area (Å²) in [6, 6.07) is 6.06. The first-order valence-electron chi connectivity index (χ1n) is 13.8. The number of esters is 2. The Morgan fingerprint density at radius 3 is 2.43 bits per heavy atom. The Balaban J connectivity index is 1.35. The zero-order chi connectivity index (χ0) is 30.5. The number of aromatic hydroxyl groups is 1. The zero-order valence-electron chi connectivity index (χ0n) is 23.0. The number of fused-ring (bicyclic) bond motifs is 3. The van der Waals surface area contributed by atoms with Crippen molar-refractivity contribution in [3.8, 4) is 5.75 Å². The Hall–Kier alpha value is -3.26. The smallest absolute Gasteiger partial charge is 0.335 e. The van der Waals surface area contributed by atoms with E-state index in [4.69, 9.17) is 18.9 Å². The van der Waals surface area contributed by atoms with Gasteiger partial charge in [-0.25, -0.2) is 9.59 Å². The number of phenols is 1. The Morgan fingerprint density at radius 2 is 1.76 bits per heavy atom. The summed E-state index contributed by atoms with van der Waals surface area (Å²) in [5.41, 5.74) is 2.12. The maximum absolute atomic E-state index is 13.0. The third kappa shape index (κ3) is 5.46. The first-order chi connectivity index (χ1) is 19.9. The Bertz CT molecular complexity index is 1270. The van der Waals surface area contributed by atoms with E-state index < -0.39 is 79.4 Å². The summed E-state index contributed by atoms with van der Waals surface area (Å²) in [4.78, 5) is 25.7. The highest BCUT2D eigenvalue weighted by Gasteiger charge is 2.56. The summed E-state index contributed by atoms with van der Waals surface area (Å²) in [6.07, 6.45) is -9.98. The molecule has 6 N–H and O–H groups in total. The largest absolute Gasteiger partial charge is 0.508 e. The highest BCUT2D eigenvalue weighted by atomic mass is 16.7. The lowest BCUT2D eigenvalue weighted by Crippen LogP contribution is -2.59. The average Bonchev–Trinajstić information content (AvgIpc) is 3.40. The zero-order valence-corrected chi connectivity index (χ0v) is 23.0. The first kappa shape index (κ1) is 30.2. The number of carbonyl (C=O) groups excluding carboxylic acids is 2. The van der Waals surface area contributed by atoms with E-state index in [1.54, 1.807) is 19.1 Å². The van der Waals surface area contributed by atoms with Gasteiger partial charge in [-0.3, -0.25) is 0 Å². The van der Waals surface area contributed by atoms with Crippen LogP contribution in [0.3, 0.4) is 0 Å². The van der Waals surface area contributed by atoms with Crippen LogP contribution < -0.4 is 0 Å². The molecule has 0 aromatic heterocycles. The average molecular weight is 589 g/mol. The van der Waals surface area contributed by atoms with E-state index in [1.165, 1.54) is 12.1 Å². The van der Waals surface area contributed by atoms with Gasteiger partial charge in [0, 0.05) is 30.8 Å². The van der Waals surface area contributed by atoms with Gasteiger partial charge in [0.2, 0.25) is 6.29 Å². The molecule has 0 bridgehead atoms. The van der Waals surface area contributed by atoms with Gasteiger partial charge in [0.15, 0.2) is 6.10 Å². The number of ether oxygens (including phenoxy) is 4. The number of benzene rings is 1. The van der Waals surface area contributed by atoms with Gasteiger partial charge in [0.25, 0.3) is 0 Å². The minimum atomic E-state index is -1.60. The van der Waals surface area contributed by atoms with Gasteiger partial charge in [0.05, 0.1) is 18.3 Å². The number of rotatable bonds is 7. The van der Waals surface area contributed by atoms with E-state index >= 15 is 0 Å². The van der Waals surface area contributed by atoms with Gasteiger partial charge in [-0.15, -0.1) is 0 Å². The second-order valence-corrected chi connectivity index (χ2v) is 11.4. The third-order valence-corrected chi connectivity index (χ3v) is 8.79. The number of allylic oxidation sites excluding steroid dienone is 1. The fourth-order valence-corrected chi connectivity index (χ4v) is 6.45. The minimum Gasteiger partial charge on any atom is -0.508 e. The molecular formula is C30H36O12. The summed E-state index contributed by atoms with van der Waals surface area (Å²) in [5, 5.41) is 60.3. The molecule has 5 rings (SSSR count). The lowest BCUT2D eigenvalue weighted by Gasteiger charge is -2.40. The van der Waals surface area contributed by atoms with Crippen LogP contribution in [0, 0.1) is 17.8 Å². The molecule has 0 amide bonds. The molecule has 2 heterocycles. The van der Waals surface area contributed by atoms with Crippen LogP contribution in [0.2, 0.25) is 0 Å². The molecule has 2 aliphatic heterocycles. The standard InChI is InChI=1S/C30H36O12/c1-12-8-20(39-29(38)18(33)9-15-4-6-16(32)7-5-15)23-14(3)28(37)42-27(23)22-13(2)19(10-17(12)22)40-30-26(36)25(35)24(34)21(11-31)41-30/h4-7,17-18,20-27,30-36H,1,3,8-11H2,2H3/t17-,18+,20+,21+,22-,23+,24+,25+,26+,27+,30+/m0/s1. The Kier molecular flexibility index (Phi) is 8.48. The predicted octanol–water partition coefficient (Wildman–Crippen LogP) is -0.00830. The number of phenolic OH excluding ortho intramolecular Hbond substituents is 1. The number of carbonyl (C=O) groups is 2. The van der Waals surface area contributed by atoms with Crippen molar-refractivity contribution < 1.29 is 59.2 Å². The summed E-state index contributed by atoms with van der Waals surface area (Å²) in [7, 11) is 0. The van der Waals surface area contributed by atoms with E-state index in [-0.39, 0.29) is 36.5 Å². The molecule has 0 spiro atoms. The van der Waals surface area contributed by atoms with Gasteiger partial charge < -0.3 is 49.6 Å². The quantitative estimate of drug-likeness (QED) is 0.142. The van der Waals surface area contributed by atoms with Crippen LogP contribution >= 0.6 is 0 Å². The van der Waals surface area contributed by atoms with Crippen LogP contribution in [-0.2, 0) is 35.0 Å². The number of aliphatic hydroxyl groups excluding tert-OH is 5. The molecule has 12 heteroatoms. The van der Waals surface area contributed by atoms with Crippen molar-refractivity contribution in [2.75, 3.05) is 6.61 Å². The fourth-order valence-electron chi connectivity index (χ4n) is 6.45. The molecule has 42 heavy (non-hydrogen) atoms. The van der Waals surface area contributed by atoms with Crippen LogP contribution in [0.5, 0.6) is 5.75 Å². The van der Waals surface area contributed by atoms with Crippen LogP contribution in [0.15, 0.2) is 59.9 Å². The van der Waals surface area contributed by atoms with E-state index in [2.05, 4.69) is 13.2 Å². The maximum Gasteiger partial charge on any atom is 0.335 e. The molecule has 1 aromatic carbocycles. The van der Waals surface area contributed by atoms with Gasteiger partial charge in [-0.2, -0.15) is 0 Å². The molecule has 2 saturated heterocycles. The third-order valence-electron chi connectivity index (χ3n) is 8.79. The molecule has 3 fully saturated rings. The van der Waals surface area contributed by atoms with E-state index in [9.17, 15) is 40.2 Å². The summed E-state index contributed by atoms with van der Waals surface area (Å²) >= 11 is 0. The molecular weight excluding hydrogens is 552 g/mol. The van der Waals surface area contributed by atoms with Crippen molar-refractivity contribution in [2.45, 2.75) is 75.2 Å². The maximum atomic E-state index is 13.0. The van der Waals surface area contributed by atoms with Crippen molar-refractivity contribution in [1.82, 2.24) is 0 Å². The number of hydrogen-bond donors (Lipinski definition) is 6. The van der Waals surface area contributed by atoms with Crippen LogP contribution in [0.25, 0.3) is 0 Å². The lowest BCUT2D eigenvalue weighted by molar-refractivity contribution is -0.292. The minimum absolute atomic E-state index is 0.0387. The molecule has 1 saturated carbocycles. The molecule has 4 aliphatic rings. The summed E-state index contributed by atoms with van der Waals surface area (Å²) < 4.78 is 23.0. The summed E-state index contributed by atoms with van der Waals surface area (Å²) in [5.74, 6) is -2.49. The molecule has 2 aliphatic carbocycles. The Labute approximate surface area is 242 Å². The fraction of sp³-hybridized carbons (Fsp3) is 0.533. The Morgan fingerprint density at radius 1 is 1.07 bits per heavy atom. The van der Waals surface area contributed by atoms with Gasteiger partial charge >= 0.3 is 11.9 Å². The molecule has 0 radical (unpaired) electrons. The van der Waals surface area contributed by atoms with E-state index in [0.29, 0.717) is 22.5 Å². The van der Waals surface area contributed by atoms with Gasteiger partial charge in [-0.1, -0.05) is 30.9 Å². The second-order valence-electron chi connectivity index (χ2n) is 11.4. The predicted molar refractivity (Wildman–Crippen MR) is 143 cm³/mol. The number of hydrogen-bond acceptors (Lipinski definition) is 12. The van der Waals surface area contributed by atoms with E-state index in [1.807, 2.05) is 0 Å². The number of aliphatic hydroxyl groups is 5. The van der Waals surface area contributed by atoms with Crippen molar-refractivity contribution in [3.05, 3.63) is 65.5 Å². The van der Waals surface area contributed by atoms with Crippen molar-refractivity contribution in [2.24, 2.45) is 17.8 Å². The topological polar surface area (TPSA) is 192 Å². The monoisotopic (exact) mass is 588 g/mol. The first-order valence-corrected chi connectivity index (χ1v) is 13.8. The van der Waals surface area contributed by atoms with Gasteiger partial charge in [-0.05, 0) is 36.1 Å². The molecule has 228 valence electrons. The molecule has 0 unspecified atom stereocenters. The second kappa shape index (κ2) is 11.8. The van der Waals surface area contributed by atoms with Crippen LogP contribution in [0.4, 0.5) is 0 Å². The molecule has 12 nitrogen and oxygen atoms in total.